The molecular formula is C19H18FN7O. The van der Waals surface area contributed by atoms with E-state index in [1.165, 1.54) is 12.1 Å². The van der Waals surface area contributed by atoms with E-state index in [1.54, 1.807) is 16.8 Å². The zero-order chi connectivity index (χ0) is 19.3. The van der Waals surface area contributed by atoms with Crippen LogP contribution in [0.25, 0.3) is 17.2 Å². The van der Waals surface area contributed by atoms with Crippen molar-refractivity contribution in [2.75, 3.05) is 11.9 Å². The van der Waals surface area contributed by atoms with Crippen molar-refractivity contribution in [3.63, 3.8) is 0 Å². The van der Waals surface area contributed by atoms with Gasteiger partial charge in [-0.2, -0.15) is 10.1 Å². The predicted octanol–water partition coefficient (Wildman–Crippen LogP) is 3.20. The number of benzene rings is 1. The smallest absolute Gasteiger partial charge is 0.227 e. The van der Waals surface area contributed by atoms with Crippen molar-refractivity contribution in [3.8, 4) is 17.2 Å². The Morgan fingerprint density at radius 3 is 2.64 bits per heavy atom. The molecule has 0 aliphatic heterocycles. The molecule has 142 valence electrons. The molecule has 8 nitrogen and oxygen atoms in total. The number of rotatable bonds is 7. The van der Waals surface area contributed by atoms with Crippen LogP contribution in [0.2, 0.25) is 0 Å². The first-order valence-electron chi connectivity index (χ1n) is 8.86. The SMILES string of the molecule is Cc1ccn(-c2ccc(NCCCc3nc(-c4ccc(F)cc4)no3)nn2)n1. The lowest BCUT2D eigenvalue weighted by molar-refractivity contribution is 0.377. The highest BCUT2D eigenvalue weighted by Gasteiger charge is 2.08. The fourth-order valence-electron chi connectivity index (χ4n) is 2.61. The Morgan fingerprint density at radius 1 is 1.07 bits per heavy atom. The molecule has 0 aliphatic rings. The third-order valence-corrected chi connectivity index (χ3v) is 4.05. The normalized spacial score (nSPS) is 10.9. The van der Waals surface area contributed by atoms with Crippen LogP contribution in [-0.4, -0.2) is 36.7 Å². The molecule has 4 rings (SSSR count). The van der Waals surface area contributed by atoms with Crippen LogP contribution in [0, 0.1) is 12.7 Å². The second-order valence-electron chi connectivity index (χ2n) is 6.23. The van der Waals surface area contributed by atoms with Crippen LogP contribution in [0.3, 0.4) is 0 Å². The van der Waals surface area contributed by atoms with Crippen molar-refractivity contribution >= 4 is 5.82 Å². The van der Waals surface area contributed by atoms with E-state index in [0.29, 0.717) is 36.3 Å². The molecule has 1 N–H and O–H groups in total. The first-order chi connectivity index (χ1) is 13.7. The van der Waals surface area contributed by atoms with Gasteiger partial charge in [0.2, 0.25) is 11.7 Å². The maximum absolute atomic E-state index is 13.0. The molecule has 3 aromatic heterocycles. The lowest BCUT2D eigenvalue weighted by Gasteiger charge is -2.04. The molecule has 0 amide bonds. The lowest BCUT2D eigenvalue weighted by atomic mass is 10.2. The Kier molecular flexibility index (Phi) is 5.05. The molecule has 0 bridgehead atoms. The summed E-state index contributed by atoms with van der Waals surface area (Å²) in [6.45, 7) is 2.61. The summed E-state index contributed by atoms with van der Waals surface area (Å²) >= 11 is 0. The van der Waals surface area contributed by atoms with Crippen LogP contribution in [0.4, 0.5) is 10.2 Å². The third kappa shape index (κ3) is 4.20. The van der Waals surface area contributed by atoms with Crippen LogP contribution in [-0.2, 0) is 6.42 Å². The Hall–Kier alpha value is -3.62. The minimum Gasteiger partial charge on any atom is -0.369 e. The summed E-state index contributed by atoms with van der Waals surface area (Å²) in [5.74, 6) is 2.05. The molecule has 3 heterocycles. The van der Waals surface area contributed by atoms with Gasteiger partial charge in [-0.05, 0) is 55.8 Å². The van der Waals surface area contributed by atoms with Crippen LogP contribution in [0.5, 0.6) is 0 Å². The molecular weight excluding hydrogens is 361 g/mol. The van der Waals surface area contributed by atoms with Gasteiger partial charge in [-0.1, -0.05) is 5.16 Å². The van der Waals surface area contributed by atoms with E-state index in [0.717, 1.165) is 17.7 Å². The zero-order valence-electron chi connectivity index (χ0n) is 15.2. The zero-order valence-corrected chi connectivity index (χ0v) is 15.2. The number of anilines is 1. The Bertz CT molecular complexity index is 1040. The van der Waals surface area contributed by atoms with Crippen molar-refractivity contribution < 1.29 is 8.91 Å². The van der Waals surface area contributed by atoms with E-state index in [4.69, 9.17) is 4.52 Å². The molecule has 0 aliphatic carbocycles. The summed E-state index contributed by atoms with van der Waals surface area (Å²) in [7, 11) is 0. The van der Waals surface area contributed by atoms with Crippen molar-refractivity contribution in [1.29, 1.82) is 0 Å². The third-order valence-electron chi connectivity index (χ3n) is 4.05. The molecule has 0 unspecified atom stereocenters. The van der Waals surface area contributed by atoms with E-state index in [-0.39, 0.29) is 5.82 Å². The Labute approximate surface area is 160 Å². The van der Waals surface area contributed by atoms with Gasteiger partial charge in [-0.15, -0.1) is 10.2 Å². The second-order valence-corrected chi connectivity index (χ2v) is 6.23. The second kappa shape index (κ2) is 7.95. The Morgan fingerprint density at radius 2 is 1.93 bits per heavy atom. The number of hydrogen-bond donors (Lipinski definition) is 1. The van der Waals surface area contributed by atoms with Gasteiger partial charge >= 0.3 is 0 Å². The molecule has 0 saturated carbocycles. The summed E-state index contributed by atoms with van der Waals surface area (Å²) in [6.07, 6.45) is 3.25. The van der Waals surface area contributed by atoms with Gasteiger partial charge in [0.15, 0.2) is 5.82 Å². The fourth-order valence-corrected chi connectivity index (χ4v) is 2.61. The average Bonchev–Trinajstić information content (AvgIpc) is 3.36. The highest BCUT2D eigenvalue weighted by atomic mass is 19.1. The molecule has 0 spiro atoms. The quantitative estimate of drug-likeness (QED) is 0.493. The summed E-state index contributed by atoms with van der Waals surface area (Å²) < 4.78 is 19.9. The predicted molar refractivity (Wildman–Crippen MR) is 100 cm³/mol. The van der Waals surface area contributed by atoms with E-state index in [9.17, 15) is 4.39 Å². The molecule has 0 saturated heterocycles. The number of halogens is 1. The largest absolute Gasteiger partial charge is 0.369 e. The van der Waals surface area contributed by atoms with E-state index in [2.05, 4.69) is 30.8 Å². The summed E-state index contributed by atoms with van der Waals surface area (Å²) in [4.78, 5) is 4.34. The number of nitrogens with zero attached hydrogens (tertiary/aromatic N) is 6. The molecule has 0 fully saturated rings. The summed E-state index contributed by atoms with van der Waals surface area (Å²) in [5.41, 5.74) is 1.64. The molecule has 1 aromatic carbocycles. The number of aromatic nitrogens is 6. The highest BCUT2D eigenvalue weighted by Crippen LogP contribution is 2.16. The van der Waals surface area contributed by atoms with Gasteiger partial charge in [0.1, 0.15) is 11.6 Å². The maximum atomic E-state index is 13.0. The highest BCUT2D eigenvalue weighted by molar-refractivity contribution is 5.53. The van der Waals surface area contributed by atoms with Gasteiger partial charge in [0.25, 0.3) is 0 Å². The number of nitrogens with one attached hydrogen (secondary N) is 1. The monoisotopic (exact) mass is 379 g/mol. The molecule has 9 heteroatoms. The molecule has 0 atom stereocenters. The maximum Gasteiger partial charge on any atom is 0.227 e. The minimum absolute atomic E-state index is 0.297. The summed E-state index contributed by atoms with van der Waals surface area (Å²) in [5, 5.41) is 19.8. The van der Waals surface area contributed by atoms with Crippen molar-refractivity contribution in [1.82, 2.24) is 30.1 Å². The van der Waals surface area contributed by atoms with Gasteiger partial charge in [0, 0.05) is 24.7 Å². The average molecular weight is 379 g/mol. The molecule has 0 radical (unpaired) electrons. The van der Waals surface area contributed by atoms with Crippen LogP contribution >= 0.6 is 0 Å². The van der Waals surface area contributed by atoms with Crippen LogP contribution in [0.15, 0.2) is 53.2 Å². The van der Waals surface area contributed by atoms with Crippen molar-refractivity contribution in [2.24, 2.45) is 0 Å². The molecule has 4 aromatic rings. The van der Waals surface area contributed by atoms with Crippen molar-refractivity contribution in [2.45, 2.75) is 19.8 Å². The van der Waals surface area contributed by atoms with Crippen LogP contribution < -0.4 is 5.32 Å². The lowest BCUT2D eigenvalue weighted by Crippen LogP contribution is -2.07. The van der Waals surface area contributed by atoms with Crippen LogP contribution in [0.1, 0.15) is 18.0 Å². The number of aryl methyl sites for hydroxylation is 2. The van der Waals surface area contributed by atoms with Gasteiger partial charge < -0.3 is 9.84 Å². The van der Waals surface area contributed by atoms with E-state index >= 15 is 0 Å². The first kappa shape index (κ1) is 17.8. The van der Waals surface area contributed by atoms with E-state index in [1.807, 2.05) is 31.3 Å². The molecule has 28 heavy (non-hydrogen) atoms. The fraction of sp³-hybridized carbons (Fsp3) is 0.211. The van der Waals surface area contributed by atoms with Crippen molar-refractivity contribution in [3.05, 3.63) is 66.1 Å². The minimum atomic E-state index is -0.297. The van der Waals surface area contributed by atoms with E-state index < -0.39 is 0 Å². The Balaban J connectivity index is 1.26. The van der Waals surface area contributed by atoms with Gasteiger partial charge in [-0.3, -0.25) is 0 Å². The summed E-state index contributed by atoms with van der Waals surface area (Å²) in [6, 6.07) is 11.6. The van der Waals surface area contributed by atoms with Gasteiger partial charge in [0.05, 0.1) is 5.69 Å². The standard InChI is InChI=1S/C19H18FN7O/c1-13-10-12-27(25-13)17-9-8-16(23-24-17)21-11-2-3-18-22-19(26-28-18)14-4-6-15(20)7-5-14/h4-10,12H,2-3,11H2,1H3,(H,21,23). The number of hydrogen-bond acceptors (Lipinski definition) is 7. The topological polar surface area (TPSA) is 94.6 Å². The first-order valence-corrected chi connectivity index (χ1v) is 8.86. The van der Waals surface area contributed by atoms with Gasteiger partial charge in [-0.25, -0.2) is 9.07 Å².